The first-order chi connectivity index (χ1) is 11.3. The van der Waals surface area contributed by atoms with E-state index < -0.39 is 0 Å². The number of aromatic nitrogens is 3. The maximum Gasteiger partial charge on any atom is 0.348 e. The van der Waals surface area contributed by atoms with Gasteiger partial charge in [0.2, 0.25) is 0 Å². The Labute approximate surface area is 134 Å². The van der Waals surface area contributed by atoms with Crippen LogP contribution in [0.4, 0.5) is 0 Å². The zero-order valence-electron chi connectivity index (χ0n) is 12.0. The number of fused-ring (bicyclic) bond motifs is 4. The lowest BCUT2D eigenvalue weighted by Crippen LogP contribution is -2.10. The molecule has 0 bridgehead atoms. The van der Waals surface area contributed by atoms with Crippen molar-refractivity contribution in [3.8, 4) is 10.4 Å². The Kier molecular flexibility index (Phi) is 2.49. The molecule has 0 aliphatic rings. The number of nitrogens with one attached hydrogen (secondary N) is 1. The van der Waals surface area contributed by atoms with Gasteiger partial charge in [0, 0.05) is 20.5 Å². The van der Waals surface area contributed by atoms with Gasteiger partial charge in [0.15, 0.2) is 5.65 Å². The first-order valence-electron chi connectivity index (χ1n) is 7.29. The average molecular weight is 317 g/mol. The van der Waals surface area contributed by atoms with E-state index in [1.807, 2.05) is 36.4 Å². The molecule has 5 heteroatoms. The highest BCUT2D eigenvalue weighted by molar-refractivity contribution is 7.22. The molecule has 5 aromatic rings. The van der Waals surface area contributed by atoms with E-state index in [0.717, 1.165) is 16.5 Å². The van der Waals surface area contributed by atoms with E-state index in [2.05, 4.69) is 34.5 Å². The van der Waals surface area contributed by atoms with Gasteiger partial charge in [-0.3, -0.25) is 0 Å². The van der Waals surface area contributed by atoms with Gasteiger partial charge in [0.25, 0.3) is 0 Å². The van der Waals surface area contributed by atoms with Gasteiger partial charge in [-0.2, -0.15) is 5.10 Å². The molecule has 2 aromatic carbocycles. The minimum atomic E-state index is -0.209. The zero-order valence-corrected chi connectivity index (χ0v) is 12.8. The maximum atomic E-state index is 12.0. The van der Waals surface area contributed by atoms with Gasteiger partial charge in [-0.25, -0.2) is 14.3 Å². The van der Waals surface area contributed by atoms with E-state index in [-0.39, 0.29) is 5.69 Å². The fourth-order valence-corrected chi connectivity index (χ4v) is 4.15. The summed E-state index contributed by atoms with van der Waals surface area (Å²) >= 11 is 1.76. The second kappa shape index (κ2) is 4.54. The Hall–Kier alpha value is -2.92. The summed E-state index contributed by atoms with van der Waals surface area (Å²) in [5.74, 6) is 0. The highest BCUT2D eigenvalue weighted by Crippen LogP contribution is 2.37. The van der Waals surface area contributed by atoms with Crippen molar-refractivity contribution in [3.05, 3.63) is 71.1 Å². The first-order valence-corrected chi connectivity index (χ1v) is 8.11. The van der Waals surface area contributed by atoms with E-state index in [9.17, 15) is 4.79 Å². The van der Waals surface area contributed by atoms with Crippen LogP contribution in [0.3, 0.4) is 0 Å². The number of nitrogens with zero attached hydrogens (tertiary/aromatic N) is 2. The molecule has 0 atom stereocenters. The topological polar surface area (TPSA) is 50.2 Å². The quantitative estimate of drug-likeness (QED) is 0.507. The molecule has 0 aliphatic heterocycles. The predicted octanol–water partition coefficient (Wildman–Crippen LogP) is 4.06. The van der Waals surface area contributed by atoms with Crippen LogP contribution in [-0.2, 0) is 0 Å². The summed E-state index contributed by atoms with van der Waals surface area (Å²) < 4.78 is 2.87. The molecular formula is C18H11N3OS. The van der Waals surface area contributed by atoms with Crippen LogP contribution in [0.5, 0.6) is 0 Å². The molecule has 3 aromatic heterocycles. The molecule has 110 valence electrons. The molecule has 0 fully saturated rings. The van der Waals surface area contributed by atoms with Gasteiger partial charge < -0.3 is 0 Å². The number of hydrogen-bond acceptors (Lipinski definition) is 3. The normalized spacial score (nSPS) is 11.7. The second-order valence-corrected chi connectivity index (χ2v) is 6.53. The third kappa shape index (κ3) is 1.77. The first kappa shape index (κ1) is 12.6. The molecule has 4 nitrogen and oxygen atoms in total. The summed E-state index contributed by atoms with van der Waals surface area (Å²) in [6.45, 7) is 0. The van der Waals surface area contributed by atoms with Crippen molar-refractivity contribution in [2.24, 2.45) is 0 Å². The number of aromatic amines is 1. The molecule has 5 rings (SSSR count). The number of pyridine rings is 1. The number of para-hydroxylation sites is 1. The van der Waals surface area contributed by atoms with Crippen molar-refractivity contribution in [1.29, 1.82) is 0 Å². The predicted molar refractivity (Wildman–Crippen MR) is 94.1 cm³/mol. The molecule has 0 saturated carbocycles. The summed E-state index contributed by atoms with van der Waals surface area (Å²) in [7, 11) is 0. The van der Waals surface area contributed by atoms with E-state index >= 15 is 0 Å². The molecule has 0 radical (unpaired) electrons. The second-order valence-electron chi connectivity index (χ2n) is 5.45. The van der Waals surface area contributed by atoms with Crippen molar-refractivity contribution >= 4 is 38.0 Å². The maximum absolute atomic E-state index is 12.0. The van der Waals surface area contributed by atoms with E-state index in [1.54, 1.807) is 15.7 Å². The van der Waals surface area contributed by atoms with Gasteiger partial charge in [0.1, 0.15) is 0 Å². The smallest absolute Gasteiger partial charge is 0.246 e. The summed E-state index contributed by atoms with van der Waals surface area (Å²) in [5, 5.41) is 8.96. The summed E-state index contributed by atoms with van der Waals surface area (Å²) in [6.07, 6.45) is 0. The van der Waals surface area contributed by atoms with Crippen LogP contribution in [0.25, 0.3) is 37.1 Å². The third-order valence-electron chi connectivity index (χ3n) is 4.10. The Morgan fingerprint density at radius 3 is 2.74 bits per heavy atom. The summed E-state index contributed by atoms with van der Waals surface area (Å²) in [6, 6.07) is 20.5. The lowest BCUT2D eigenvalue weighted by molar-refractivity contribution is 1.04. The van der Waals surface area contributed by atoms with E-state index in [4.69, 9.17) is 0 Å². The minimum Gasteiger partial charge on any atom is -0.246 e. The molecule has 0 spiro atoms. The Morgan fingerprint density at radius 2 is 1.83 bits per heavy atom. The van der Waals surface area contributed by atoms with Crippen molar-refractivity contribution in [3.63, 3.8) is 0 Å². The summed E-state index contributed by atoms with van der Waals surface area (Å²) in [4.78, 5) is 13.2. The largest absolute Gasteiger partial charge is 0.348 e. The monoisotopic (exact) mass is 317 g/mol. The van der Waals surface area contributed by atoms with Crippen LogP contribution in [0.15, 0.2) is 65.5 Å². The van der Waals surface area contributed by atoms with Crippen LogP contribution < -0.4 is 5.69 Å². The van der Waals surface area contributed by atoms with Crippen LogP contribution in [0.1, 0.15) is 0 Å². The fraction of sp³-hybridized carbons (Fsp3) is 0. The molecule has 1 N–H and O–H groups in total. The Bertz CT molecular complexity index is 1210. The standard InChI is InChI=1S/C18H11N3OS/c22-18-20-19-17-10-13(12-6-2-3-7-14(12)21(17)18)16-9-11-5-1-4-8-15(11)23-16/h1-10H,(H,20,22). The summed E-state index contributed by atoms with van der Waals surface area (Å²) in [5.41, 5.74) is 2.41. The van der Waals surface area contributed by atoms with Gasteiger partial charge >= 0.3 is 5.69 Å². The van der Waals surface area contributed by atoms with E-state index in [1.165, 1.54) is 15.0 Å². The minimum absolute atomic E-state index is 0.209. The molecule has 0 unspecified atom stereocenters. The highest BCUT2D eigenvalue weighted by Gasteiger charge is 2.13. The van der Waals surface area contributed by atoms with Crippen molar-refractivity contribution < 1.29 is 0 Å². The van der Waals surface area contributed by atoms with Gasteiger partial charge in [-0.15, -0.1) is 11.3 Å². The SMILES string of the molecule is O=c1[nH]nc2cc(-c3cc4ccccc4s3)c3ccccc3n12. The number of hydrogen-bond donors (Lipinski definition) is 1. The van der Waals surface area contributed by atoms with Crippen LogP contribution >= 0.6 is 11.3 Å². The van der Waals surface area contributed by atoms with Gasteiger partial charge in [-0.05, 0) is 29.7 Å². The lowest BCUT2D eigenvalue weighted by Gasteiger charge is -2.06. The van der Waals surface area contributed by atoms with Crippen LogP contribution in [0, 0.1) is 0 Å². The van der Waals surface area contributed by atoms with Gasteiger partial charge in [0.05, 0.1) is 5.52 Å². The van der Waals surface area contributed by atoms with Crippen molar-refractivity contribution in [2.45, 2.75) is 0 Å². The molecule has 0 amide bonds. The van der Waals surface area contributed by atoms with Crippen LogP contribution in [0.2, 0.25) is 0 Å². The lowest BCUT2D eigenvalue weighted by atomic mass is 10.1. The molecule has 23 heavy (non-hydrogen) atoms. The Balaban J connectivity index is 1.94. The molecular weight excluding hydrogens is 306 g/mol. The zero-order chi connectivity index (χ0) is 15.4. The number of benzene rings is 2. The molecule has 0 aliphatic carbocycles. The third-order valence-corrected chi connectivity index (χ3v) is 5.25. The molecule has 0 saturated heterocycles. The van der Waals surface area contributed by atoms with Crippen molar-refractivity contribution in [1.82, 2.24) is 14.6 Å². The molecule has 3 heterocycles. The number of H-pyrrole nitrogens is 1. The number of rotatable bonds is 1. The number of thiophene rings is 1. The van der Waals surface area contributed by atoms with Crippen LogP contribution in [-0.4, -0.2) is 14.6 Å². The Morgan fingerprint density at radius 1 is 1.00 bits per heavy atom. The van der Waals surface area contributed by atoms with Gasteiger partial charge in [-0.1, -0.05) is 36.4 Å². The average Bonchev–Trinajstić information content (AvgIpc) is 3.18. The van der Waals surface area contributed by atoms with E-state index in [0.29, 0.717) is 5.65 Å². The highest BCUT2D eigenvalue weighted by atomic mass is 32.1. The van der Waals surface area contributed by atoms with Crippen molar-refractivity contribution in [2.75, 3.05) is 0 Å². The fourth-order valence-electron chi connectivity index (χ4n) is 3.06.